The molecule has 0 spiro atoms. The summed E-state index contributed by atoms with van der Waals surface area (Å²) in [5, 5.41) is 11.5. The number of benzene rings is 1. The van der Waals surface area contributed by atoms with E-state index < -0.39 is 17.8 Å². The first kappa shape index (κ1) is 16.1. The van der Waals surface area contributed by atoms with E-state index in [9.17, 15) is 22.8 Å². The molecule has 0 saturated carbocycles. The second kappa shape index (κ2) is 6.25. The molecule has 0 aliphatic carbocycles. The molecular formula is C14H15F3N2O3. The number of nitrogens with one attached hydrogen (secondary N) is 1. The first-order chi connectivity index (χ1) is 10.3. The number of rotatable bonds is 3. The molecule has 2 amide bonds. The third-order valence-corrected chi connectivity index (χ3v) is 3.47. The number of nitrogens with zero attached hydrogens (tertiary/aromatic N) is 1. The van der Waals surface area contributed by atoms with Crippen molar-refractivity contribution in [1.82, 2.24) is 10.2 Å². The zero-order chi connectivity index (χ0) is 16.3. The van der Waals surface area contributed by atoms with Gasteiger partial charge in [0.2, 0.25) is 5.91 Å². The lowest BCUT2D eigenvalue weighted by Crippen LogP contribution is -2.38. The van der Waals surface area contributed by atoms with E-state index in [1.807, 2.05) is 0 Å². The maximum Gasteiger partial charge on any atom is 0.416 e. The number of hydrogen-bond donors (Lipinski definition) is 2. The van der Waals surface area contributed by atoms with Crippen LogP contribution in [-0.4, -0.2) is 41.1 Å². The topological polar surface area (TPSA) is 69.6 Å². The third-order valence-electron chi connectivity index (χ3n) is 3.47. The molecular weight excluding hydrogens is 301 g/mol. The van der Waals surface area contributed by atoms with Gasteiger partial charge in [-0.25, -0.2) is 4.79 Å². The fourth-order valence-corrected chi connectivity index (χ4v) is 2.33. The van der Waals surface area contributed by atoms with E-state index in [1.54, 1.807) is 0 Å². The van der Waals surface area contributed by atoms with Crippen LogP contribution in [0.5, 0.6) is 0 Å². The third kappa shape index (κ3) is 4.12. The van der Waals surface area contributed by atoms with Crippen LogP contribution in [0.15, 0.2) is 24.3 Å². The normalized spacial score (nSPS) is 18.3. The highest BCUT2D eigenvalue weighted by atomic mass is 19.4. The van der Waals surface area contributed by atoms with Crippen molar-refractivity contribution < 1.29 is 27.9 Å². The predicted molar refractivity (Wildman–Crippen MR) is 71.3 cm³/mol. The van der Waals surface area contributed by atoms with E-state index >= 15 is 0 Å². The SMILES string of the molecule is O=C(Cc1ccc(C(F)(F)F)cc1)N[C@@H]1CCN(C(=O)O)C1. The Morgan fingerprint density at radius 1 is 1.27 bits per heavy atom. The van der Waals surface area contributed by atoms with Gasteiger partial charge in [0.15, 0.2) is 0 Å². The molecule has 1 aliphatic rings. The molecule has 5 nitrogen and oxygen atoms in total. The molecule has 0 aromatic heterocycles. The van der Waals surface area contributed by atoms with Crippen LogP contribution in [0.3, 0.4) is 0 Å². The van der Waals surface area contributed by atoms with Crippen molar-refractivity contribution in [3.8, 4) is 0 Å². The molecule has 2 rings (SSSR count). The van der Waals surface area contributed by atoms with E-state index in [2.05, 4.69) is 5.32 Å². The zero-order valence-corrected chi connectivity index (χ0v) is 11.6. The highest BCUT2D eigenvalue weighted by molar-refractivity contribution is 5.79. The summed E-state index contributed by atoms with van der Waals surface area (Å²) in [5.41, 5.74) is -0.289. The van der Waals surface area contributed by atoms with Crippen molar-refractivity contribution in [2.45, 2.75) is 25.1 Å². The molecule has 120 valence electrons. The summed E-state index contributed by atoms with van der Waals surface area (Å²) in [7, 11) is 0. The summed E-state index contributed by atoms with van der Waals surface area (Å²) < 4.78 is 37.3. The van der Waals surface area contributed by atoms with Crippen molar-refractivity contribution in [2.75, 3.05) is 13.1 Å². The fourth-order valence-electron chi connectivity index (χ4n) is 2.33. The van der Waals surface area contributed by atoms with Crippen LogP contribution in [0.25, 0.3) is 0 Å². The fraction of sp³-hybridized carbons (Fsp3) is 0.429. The summed E-state index contributed by atoms with van der Waals surface area (Å²) in [5.74, 6) is -0.336. The van der Waals surface area contributed by atoms with Crippen LogP contribution < -0.4 is 5.32 Å². The molecule has 0 radical (unpaired) electrons. The minimum Gasteiger partial charge on any atom is -0.465 e. The van der Waals surface area contributed by atoms with Crippen LogP contribution in [0, 0.1) is 0 Å². The molecule has 22 heavy (non-hydrogen) atoms. The highest BCUT2D eigenvalue weighted by Crippen LogP contribution is 2.29. The van der Waals surface area contributed by atoms with E-state index in [1.165, 1.54) is 17.0 Å². The second-order valence-corrected chi connectivity index (χ2v) is 5.15. The van der Waals surface area contributed by atoms with E-state index in [-0.39, 0.29) is 24.9 Å². The number of carboxylic acid groups (broad SMARTS) is 1. The van der Waals surface area contributed by atoms with Crippen molar-refractivity contribution in [1.29, 1.82) is 0 Å². The van der Waals surface area contributed by atoms with Gasteiger partial charge < -0.3 is 15.3 Å². The minimum atomic E-state index is -4.40. The summed E-state index contributed by atoms with van der Waals surface area (Å²) in [4.78, 5) is 23.8. The lowest BCUT2D eigenvalue weighted by Gasteiger charge is -2.14. The Labute approximate surface area is 124 Å². The minimum absolute atomic E-state index is 0.0400. The van der Waals surface area contributed by atoms with E-state index in [4.69, 9.17) is 5.11 Å². The summed E-state index contributed by atoms with van der Waals surface area (Å²) in [6, 6.07) is 4.15. The number of alkyl halides is 3. The summed E-state index contributed by atoms with van der Waals surface area (Å²) in [6.45, 7) is 0.592. The number of amides is 2. The van der Waals surface area contributed by atoms with Gasteiger partial charge in [0, 0.05) is 19.1 Å². The Morgan fingerprint density at radius 2 is 1.91 bits per heavy atom. The van der Waals surface area contributed by atoms with E-state index in [0.717, 1.165) is 12.1 Å². The van der Waals surface area contributed by atoms with Gasteiger partial charge >= 0.3 is 12.3 Å². The van der Waals surface area contributed by atoms with Crippen molar-refractivity contribution in [3.05, 3.63) is 35.4 Å². The molecule has 0 unspecified atom stereocenters. The Morgan fingerprint density at radius 3 is 2.41 bits per heavy atom. The van der Waals surface area contributed by atoms with Gasteiger partial charge in [-0.15, -0.1) is 0 Å². The number of carbonyl (C=O) groups is 2. The van der Waals surface area contributed by atoms with Gasteiger partial charge in [-0.3, -0.25) is 4.79 Å². The lowest BCUT2D eigenvalue weighted by molar-refractivity contribution is -0.137. The first-order valence-electron chi connectivity index (χ1n) is 6.69. The van der Waals surface area contributed by atoms with Gasteiger partial charge in [0.05, 0.1) is 12.0 Å². The number of hydrogen-bond acceptors (Lipinski definition) is 2. The van der Waals surface area contributed by atoms with Crippen LogP contribution in [0.1, 0.15) is 17.5 Å². The van der Waals surface area contributed by atoms with Crippen LogP contribution in [0.4, 0.5) is 18.0 Å². The summed E-state index contributed by atoms with van der Waals surface area (Å²) >= 11 is 0. The maximum absolute atomic E-state index is 12.4. The number of halogens is 3. The largest absolute Gasteiger partial charge is 0.465 e. The molecule has 1 atom stereocenters. The van der Waals surface area contributed by atoms with Gasteiger partial charge in [-0.2, -0.15) is 13.2 Å². The van der Waals surface area contributed by atoms with Crippen LogP contribution in [-0.2, 0) is 17.4 Å². The van der Waals surface area contributed by atoms with Crippen molar-refractivity contribution >= 4 is 12.0 Å². The second-order valence-electron chi connectivity index (χ2n) is 5.15. The monoisotopic (exact) mass is 316 g/mol. The smallest absolute Gasteiger partial charge is 0.416 e. The molecule has 1 aromatic rings. The summed E-state index contributed by atoms with van der Waals surface area (Å²) in [6.07, 6.45) is -4.93. The lowest BCUT2D eigenvalue weighted by atomic mass is 10.1. The number of likely N-dealkylation sites (tertiary alicyclic amines) is 1. The quantitative estimate of drug-likeness (QED) is 0.897. The van der Waals surface area contributed by atoms with Gasteiger partial charge in [0.25, 0.3) is 0 Å². The Kier molecular flexibility index (Phi) is 4.58. The van der Waals surface area contributed by atoms with E-state index in [0.29, 0.717) is 18.5 Å². The average molecular weight is 316 g/mol. The van der Waals surface area contributed by atoms with Crippen LogP contribution >= 0.6 is 0 Å². The molecule has 2 N–H and O–H groups in total. The van der Waals surface area contributed by atoms with Crippen molar-refractivity contribution in [2.24, 2.45) is 0 Å². The predicted octanol–water partition coefficient (Wildman–Crippen LogP) is 2.12. The van der Waals surface area contributed by atoms with Gasteiger partial charge in [-0.05, 0) is 24.1 Å². The van der Waals surface area contributed by atoms with Gasteiger partial charge in [-0.1, -0.05) is 12.1 Å². The Hall–Kier alpha value is -2.25. The molecule has 1 aromatic carbocycles. The molecule has 0 bridgehead atoms. The maximum atomic E-state index is 12.4. The average Bonchev–Trinajstić information content (AvgIpc) is 2.86. The molecule has 1 saturated heterocycles. The first-order valence-corrected chi connectivity index (χ1v) is 6.69. The standard InChI is InChI=1S/C14H15F3N2O3/c15-14(16,17)10-3-1-9(2-4-10)7-12(20)18-11-5-6-19(8-11)13(21)22/h1-4,11H,5-8H2,(H,18,20)(H,21,22)/t11-/m1/s1. The van der Waals surface area contributed by atoms with Gasteiger partial charge in [0.1, 0.15) is 0 Å². The Bertz CT molecular complexity index is 557. The number of carbonyl (C=O) groups excluding carboxylic acids is 1. The molecule has 1 fully saturated rings. The highest BCUT2D eigenvalue weighted by Gasteiger charge is 2.30. The van der Waals surface area contributed by atoms with Crippen molar-refractivity contribution in [3.63, 3.8) is 0 Å². The zero-order valence-electron chi connectivity index (χ0n) is 11.6. The Balaban J connectivity index is 1.86. The molecule has 1 aliphatic heterocycles. The molecule has 1 heterocycles. The van der Waals surface area contributed by atoms with Crippen LogP contribution in [0.2, 0.25) is 0 Å². The molecule has 8 heteroatoms.